The predicted octanol–water partition coefficient (Wildman–Crippen LogP) is 9.34. The minimum Gasteiger partial charge on any atom is -0.208 e. The van der Waals surface area contributed by atoms with Crippen LogP contribution in [-0.4, -0.2) is 15.0 Å². The second kappa shape index (κ2) is 11.8. The number of hydrogen-bond acceptors (Lipinski definition) is 3. The van der Waals surface area contributed by atoms with E-state index in [-0.39, 0.29) is 10.8 Å². The Balaban J connectivity index is 2.11. The molecule has 36 heavy (non-hydrogen) atoms. The summed E-state index contributed by atoms with van der Waals surface area (Å²) in [7, 11) is 0. The lowest BCUT2D eigenvalue weighted by atomic mass is 9.78. The monoisotopic (exact) mass is 481 g/mol. The van der Waals surface area contributed by atoms with Gasteiger partial charge in [0.25, 0.3) is 0 Å². The molecule has 0 aliphatic rings. The van der Waals surface area contributed by atoms with Crippen molar-refractivity contribution in [2.75, 3.05) is 0 Å². The largest absolute Gasteiger partial charge is 0.208 e. The van der Waals surface area contributed by atoms with E-state index in [2.05, 4.69) is 110 Å². The first kappa shape index (κ1) is 27.5. The highest BCUT2D eigenvalue weighted by molar-refractivity contribution is 5.72. The van der Waals surface area contributed by atoms with Crippen molar-refractivity contribution in [3.05, 3.63) is 84.2 Å². The molecular weight excluding hydrogens is 438 g/mol. The first-order valence-electron chi connectivity index (χ1n) is 13.6. The van der Waals surface area contributed by atoms with Crippen molar-refractivity contribution < 1.29 is 0 Å². The molecule has 0 saturated heterocycles. The van der Waals surface area contributed by atoms with Gasteiger partial charge in [-0.3, -0.25) is 0 Å². The molecule has 0 atom stereocenters. The Bertz CT molecular complexity index is 1100. The molecule has 0 saturated carbocycles. The fourth-order valence-electron chi connectivity index (χ4n) is 4.61. The fraction of sp³-hybridized carbons (Fsp3) is 0.424. The van der Waals surface area contributed by atoms with Gasteiger partial charge < -0.3 is 0 Å². The van der Waals surface area contributed by atoms with Crippen molar-refractivity contribution in [3.63, 3.8) is 0 Å². The standard InChI is InChI=1S/C33H43N3/c1-9-15-24(10-2)29-34-30(25-16-20-27(21-17-25)32(7,11-3)12-4)36-31(35-29)26-18-22-28(23-19-26)33(8,13-5)14-6/h10,15-23H,2,9,11-14H2,1,3-8H3/b24-15+. The zero-order chi connectivity index (χ0) is 26.3. The zero-order valence-corrected chi connectivity index (χ0v) is 23.4. The van der Waals surface area contributed by atoms with E-state index in [0.717, 1.165) is 48.8 Å². The average Bonchev–Trinajstić information content (AvgIpc) is 2.94. The van der Waals surface area contributed by atoms with Gasteiger partial charge in [-0.25, -0.2) is 15.0 Å². The maximum Gasteiger partial charge on any atom is 0.164 e. The van der Waals surface area contributed by atoms with E-state index in [9.17, 15) is 0 Å². The van der Waals surface area contributed by atoms with Crippen LogP contribution >= 0.6 is 0 Å². The lowest BCUT2D eigenvalue weighted by Gasteiger charge is -2.27. The summed E-state index contributed by atoms with van der Waals surface area (Å²) >= 11 is 0. The SMILES string of the molecule is C=C/C(=C\CC)c1nc(-c2ccc(C(C)(CC)CC)cc2)nc(-c2ccc(C(C)(CC)CC)cc2)n1. The van der Waals surface area contributed by atoms with Gasteiger partial charge in [-0.15, -0.1) is 0 Å². The molecule has 0 bridgehead atoms. The third-order valence-corrected chi connectivity index (χ3v) is 8.34. The Morgan fingerprint density at radius 1 is 0.667 bits per heavy atom. The summed E-state index contributed by atoms with van der Waals surface area (Å²) in [5.41, 5.74) is 6.01. The molecule has 3 nitrogen and oxygen atoms in total. The lowest BCUT2D eigenvalue weighted by molar-refractivity contribution is 0.439. The second-order valence-corrected chi connectivity index (χ2v) is 10.3. The van der Waals surface area contributed by atoms with E-state index >= 15 is 0 Å². The molecule has 0 aliphatic heterocycles. The van der Waals surface area contributed by atoms with Crippen LogP contribution in [0.15, 0.2) is 67.3 Å². The van der Waals surface area contributed by atoms with Gasteiger partial charge in [0.1, 0.15) is 0 Å². The van der Waals surface area contributed by atoms with Crippen LogP contribution in [0.2, 0.25) is 0 Å². The van der Waals surface area contributed by atoms with E-state index < -0.39 is 0 Å². The van der Waals surface area contributed by atoms with Gasteiger partial charge >= 0.3 is 0 Å². The number of rotatable bonds is 11. The molecule has 0 radical (unpaired) electrons. The Labute approximate surface area is 218 Å². The van der Waals surface area contributed by atoms with E-state index in [0.29, 0.717) is 17.5 Å². The van der Waals surface area contributed by atoms with Gasteiger partial charge in [0.15, 0.2) is 17.5 Å². The molecular formula is C33H43N3. The van der Waals surface area contributed by atoms with Crippen molar-refractivity contribution in [3.8, 4) is 22.8 Å². The van der Waals surface area contributed by atoms with Crippen molar-refractivity contribution in [2.24, 2.45) is 0 Å². The summed E-state index contributed by atoms with van der Waals surface area (Å²) in [6, 6.07) is 17.5. The Hall–Kier alpha value is -3.07. The van der Waals surface area contributed by atoms with Gasteiger partial charge in [-0.2, -0.15) is 0 Å². The zero-order valence-electron chi connectivity index (χ0n) is 23.4. The summed E-state index contributed by atoms with van der Waals surface area (Å²) in [5.74, 6) is 2.05. The van der Waals surface area contributed by atoms with Crippen molar-refractivity contribution in [1.29, 1.82) is 0 Å². The average molecular weight is 482 g/mol. The normalized spacial score (nSPS) is 12.6. The van der Waals surface area contributed by atoms with Crippen molar-refractivity contribution in [2.45, 2.75) is 91.4 Å². The molecule has 1 heterocycles. The third kappa shape index (κ3) is 5.67. The van der Waals surface area contributed by atoms with Gasteiger partial charge in [0.05, 0.1) is 0 Å². The molecule has 190 valence electrons. The number of hydrogen-bond donors (Lipinski definition) is 0. The highest BCUT2D eigenvalue weighted by Gasteiger charge is 2.23. The summed E-state index contributed by atoms with van der Waals surface area (Å²) < 4.78 is 0. The number of nitrogens with zero attached hydrogens (tertiary/aromatic N) is 3. The maximum absolute atomic E-state index is 4.93. The third-order valence-electron chi connectivity index (χ3n) is 8.34. The van der Waals surface area contributed by atoms with Crippen molar-refractivity contribution in [1.82, 2.24) is 15.0 Å². The molecule has 3 aromatic rings. The van der Waals surface area contributed by atoms with Crippen LogP contribution in [0.4, 0.5) is 0 Å². The quantitative estimate of drug-likeness (QED) is 0.256. The highest BCUT2D eigenvalue weighted by atomic mass is 15.0. The molecule has 0 unspecified atom stereocenters. The Morgan fingerprint density at radius 3 is 1.36 bits per heavy atom. The van der Waals surface area contributed by atoms with E-state index in [4.69, 9.17) is 15.0 Å². The van der Waals surface area contributed by atoms with E-state index in [1.807, 2.05) is 6.08 Å². The summed E-state index contributed by atoms with van der Waals surface area (Å²) in [4.78, 5) is 14.7. The van der Waals surface area contributed by atoms with Crippen LogP contribution in [0, 0.1) is 0 Å². The molecule has 3 rings (SSSR count). The van der Waals surface area contributed by atoms with Crippen LogP contribution in [0.25, 0.3) is 28.3 Å². The number of benzene rings is 2. The smallest absolute Gasteiger partial charge is 0.164 e. The lowest BCUT2D eigenvalue weighted by Crippen LogP contribution is -2.19. The van der Waals surface area contributed by atoms with Crippen LogP contribution in [0.3, 0.4) is 0 Å². The molecule has 0 fully saturated rings. The molecule has 2 aromatic carbocycles. The van der Waals surface area contributed by atoms with Crippen LogP contribution < -0.4 is 0 Å². The topological polar surface area (TPSA) is 38.7 Å². The molecule has 0 spiro atoms. The molecule has 0 amide bonds. The van der Waals surface area contributed by atoms with Gasteiger partial charge in [-0.1, -0.05) is 116 Å². The first-order valence-corrected chi connectivity index (χ1v) is 13.6. The van der Waals surface area contributed by atoms with E-state index in [1.54, 1.807) is 0 Å². The fourth-order valence-corrected chi connectivity index (χ4v) is 4.61. The second-order valence-electron chi connectivity index (χ2n) is 10.3. The molecule has 0 N–H and O–H groups in total. The summed E-state index contributed by atoms with van der Waals surface area (Å²) in [6.45, 7) is 19.8. The molecule has 0 aliphatic carbocycles. The van der Waals surface area contributed by atoms with Crippen molar-refractivity contribution >= 4 is 5.57 Å². The van der Waals surface area contributed by atoms with Gasteiger partial charge in [0.2, 0.25) is 0 Å². The summed E-state index contributed by atoms with van der Waals surface area (Å²) in [5, 5.41) is 0. The van der Waals surface area contributed by atoms with Crippen LogP contribution in [0.1, 0.15) is 97.5 Å². The number of allylic oxidation sites excluding steroid dienone is 3. The number of aromatic nitrogens is 3. The van der Waals surface area contributed by atoms with Crippen LogP contribution in [-0.2, 0) is 10.8 Å². The highest BCUT2D eigenvalue weighted by Crippen LogP contribution is 2.34. The minimum absolute atomic E-state index is 0.182. The first-order chi connectivity index (χ1) is 17.3. The maximum atomic E-state index is 4.93. The molecule has 3 heteroatoms. The minimum atomic E-state index is 0.182. The molecule has 1 aromatic heterocycles. The Morgan fingerprint density at radius 2 is 1.06 bits per heavy atom. The van der Waals surface area contributed by atoms with Gasteiger partial charge in [0, 0.05) is 16.7 Å². The van der Waals surface area contributed by atoms with Gasteiger partial charge in [-0.05, 0) is 54.1 Å². The summed E-state index contributed by atoms with van der Waals surface area (Å²) in [6.07, 6.45) is 9.28. The Kier molecular flexibility index (Phi) is 9.00. The predicted molar refractivity (Wildman–Crippen MR) is 155 cm³/mol. The van der Waals surface area contributed by atoms with E-state index in [1.165, 1.54) is 11.1 Å². The van der Waals surface area contributed by atoms with Crippen LogP contribution in [0.5, 0.6) is 0 Å².